The summed E-state index contributed by atoms with van der Waals surface area (Å²) in [5.41, 5.74) is 6.18. The van der Waals surface area contributed by atoms with Crippen LogP contribution in [-0.2, 0) is 46.3 Å². The van der Waals surface area contributed by atoms with Crippen LogP contribution >= 0.6 is 0 Å². The van der Waals surface area contributed by atoms with Gasteiger partial charge >= 0.3 is 11.7 Å². The van der Waals surface area contributed by atoms with E-state index < -0.39 is 119 Å². The molecule has 87 heavy (non-hydrogen) atoms. The zero-order chi connectivity index (χ0) is 63.4. The number of carboxylic acid groups (broad SMARTS) is 1. The Labute approximate surface area is 511 Å². The third-order valence-electron chi connectivity index (χ3n) is 15.8. The van der Waals surface area contributed by atoms with E-state index in [1.165, 1.54) is 44.2 Å². The second kappa shape index (κ2) is 37.0. The summed E-state index contributed by atoms with van der Waals surface area (Å²) in [7, 11) is 1.20. The molecule has 0 unspecified atom stereocenters. The van der Waals surface area contributed by atoms with Gasteiger partial charge in [-0.25, -0.2) is 4.79 Å². The molecular formula is C64H95N7O16. The van der Waals surface area contributed by atoms with E-state index in [2.05, 4.69) is 40.4 Å². The van der Waals surface area contributed by atoms with Crippen molar-refractivity contribution in [2.24, 2.45) is 11.7 Å². The van der Waals surface area contributed by atoms with Gasteiger partial charge in [-0.15, -0.1) is 0 Å². The van der Waals surface area contributed by atoms with E-state index >= 15 is 4.79 Å². The number of nitrogens with two attached hydrogens (primary N) is 1. The highest BCUT2D eigenvalue weighted by atomic mass is 16.7. The quantitative estimate of drug-likeness (QED) is 0.0156. The van der Waals surface area contributed by atoms with Crippen LogP contribution in [0.25, 0.3) is 0 Å². The Morgan fingerprint density at radius 2 is 1.37 bits per heavy atom. The van der Waals surface area contributed by atoms with Gasteiger partial charge in [0.2, 0.25) is 47.3 Å². The molecule has 1 saturated heterocycles. The molecular weight excluding hydrogens is 1120 g/mol. The number of benzene rings is 3. The van der Waals surface area contributed by atoms with Crippen molar-refractivity contribution in [2.45, 2.75) is 236 Å². The number of carbonyl (C=O) groups is 6. The summed E-state index contributed by atoms with van der Waals surface area (Å²) in [5.74, 6) is -6.89. The van der Waals surface area contributed by atoms with Gasteiger partial charge in [0, 0.05) is 31.7 Å². The summed E-state index contributed by atoms with van der Waals surface area (Å²) in [6.45, 7) is 7.20. The van der Waals surface area contributed by atoms with Crippen LogP contribution in [-0.4, -0.2) is 129 Å². The van der Waals surface area contributed by atoms with Crippen molar-refractivity contribution in [3.8, 4) is 23.0 Å². The molecule has 3 aliphatic rings. The molecule has 3 heterocycles. The number of ether oxygens (including phenoxy) is 4. The summed E-state index contributed by atoms with van der Waals surface area (Å²) in [4.78, 5) is 97.4. The molecule has 5 amide bonds. The minimum absolute atomic E-state index is 0.0152. The number of nitrogens with one attached hydrogen (secondary N) is 5. The Hall–Kier alpha value is -6.92. The van der Waals surface area contributed by atoms with Crippen molar-refractivity contribution in [2.75, 3.05) is 13.7 Å². The highest BCUT2D eigenvalue weighted by molar-refractivity contribution is 5.94. The number of carbonyl (C=O) groups excluding carboxylic acids is 5. The Balaban J connectivity index is 1.66. The molecule has 0 aliphatic carbocycles. The first-order valence-corrected chi connectivity index (χ1v) is 31.3. The van der Waals surface area contributed by atoms with Gasteiger partial charge in [-0.3, -0.25) is 34.1 Å². The number of methoxy groups -OCH3 is 1. The number of hydrogen-bond donors (Lipinski definition) is 10. The van der Waals surface area contributed by atoms with E-state index in [1.54, 1.807) is 30.3 Å². The molecule has 23 nitrogen and oxygen atoms in total. The molecule has 0 radical (unpaired) electrons. The maximum Gasteiger partial charge on any atom is 0.328 e. The number of unbranched alkanes of at least 4 members (excludes halogenated alkanes) is 16. The lowest BCUT2D eigenvalue weighted by Gasteiger charge is -2.42. The fourth-order valence-corrected chi connectivity index (χ4v) is 10.9. The lowest BCUT2D eigenvalue weighted by molar-refractivity contribution is -0.385. The molecule has 3 aliphatic heterocycles. The monoisotopic (exact) mass is 1220 g/mol. The lowest BCUT2D eigenvalue weighted by Crippen LogP contribution is -2.65. The second-order valence-corrected chi connectivity index (χ2v) is 23.4. The second-order valence-electron chi connectivity index (χ2n) is 23.4. The molecule has 3 aromatic rings. The van der Waals surface area contributed by atoms with Crippen molar-refractivity contribution in [3.63, 3.8) is 0 Å². The molecule has 23 heteroatoms. The third-order valence-corrected chi connectivity index (χ3v) is 15.8. The molecule has 0 saturated carbocycles. The molecule has 6 rings (SSSR count). The smallest absolute Gasteiger partial charge is 0.328 e. The molecule has 3 aromatic carbocycles. The van der Waals surface area contributed by atoms with Gasteiger partial charge in [0.15, 0.2) is 17.5 Å². The maximum absolute atomic E-state index is 15.3. The summed E-state index contributed by atoms with van der Waals surface area (Å²) in [6.07, 6.45) is 10.3. The number of aliphatic carboxylic acids is 1. The average molecular weight is 1220 g/mol. The van der Waals surface area contributed by atoms with Crippen molar-refractivity contribution >= 4 is 41.2 Å². The number of rotatable bonds is 35. The molecule has 10 atom stereocenters. The molecule has 0 aromatic heterocycles. The van der Waals surface area contributed by atoms with Crippen LogP contribution in [0.3, 0.4) is 0 Å². The minimum Gasteiger partial charge on any atom is -0.490 e. The first-order chi connectivity index (χ1) is 41.8. The molecule has 1 fully saturated rings. The van der Waals surface area contributed by atoms with E-state index in [0.29, 0.717) is 24.8 Å². The first-order valence-electron chi connectivity index (χ1n) is 31.3. The highest BCUT2D eigenvalue weighted by Crippen LogP contribution is 2.46. The predicted molar refractivity (Wildman–Crippen MR) is 326 cm³/mol. The van der Waals surface area contributed by atoms with Crippen LogP contribution in [0.1, 0.15) is 185 Å². The SMILES string of the molecule is CCCCCCCCCCCC(=O)N[C@H]1[C@H](Oc2cc3cc(c2OC)Oc2ccc(cc2[N+](=O)[O-])C[C@H](NC(=O)[C@H](N)CC(C)C)C(=O)N[C@H](Cc2ccccc2)C(=O)N[C@H]3[C@H](NC(=O)CCCCCCCCCCC)C(=O)O)O[C@H](CO)[C@@H](O)[C@@H]1O. The van der Waals surface area contributed by atoms with Gasteiger partial charge in [-0.05, 0) is 60.1 Å². The predicted octanol–water partition coefficient (Wildman–Crippen LogP) is 7.41. The number of fused-ring (bicyclic) bond motifs is 9. The summed E-state index contributed by atoms with van der Waals surface area (Å²) < 4.78 is 24.8. The van der Waals surface area contributed by atoms with Crippen LogP contribution in [0, 0.1) is 16.0 Å². The van der Waals surface area contributed by atoms with Crippen LogP contribution in [0.15, 0.2) is 60.7 Å². The lowest BCUT2D eigenvalue weighted by atomic mass is 9.95. The topological polar surface area (TPSA) is 350 Å². The fourth-order valence-electron chi connectivity index (χ4n) is 10.9. The molecule has 482 valence electrons. The van der Waals surface area contributed by atoms with Gasteiger partial charge in [0.05, 0.1) is 30.7 Å². The number of nitro groups is 1. The van der Waals surface area contributed by atoms with Crippen LogP contribution in [0.4, 0.5) is 5.69 Å². The normalized spacial score (nSPS) is 21.2. The number of amides is 5. The zero-order valence-electron chi connectivity index (χ0n) is 51.3. The van der Waals surface area contributed by atoms with E-state index in [1.807, 2.05) is 13.8 Å². The number of nitrogens with zero attached hydrogens (tertiary/aromatic N) is 1. The molecule has 0 spiro atoms. The zero-order valence-corrected chi connectivity index (χ0v) is 51.3. The van der Waals surface area contributed by atoms with Crippen LogP contribution in [0.5, 0.6) is 23.0 Å². The Morgan fingerprint density at radius 3 is 1.93 bits per heavy atom. The van der Waals surface area contributed by atoms with Crippen molar-refractivity contribution in [3.05, 3.63) is 87.5 Å². The molecule has 11 N–H and O–H groups in total. The molecule has 4 bridgehead atoms. The van der Waals surface area contributed by atoms with E-state index in [-0.39, 0.29) is 66.4 Å². The van der Waals surface area contributed by atoms with Crippen molar-refractivity contribution in [1.29, 1.82) is 0 Å². The standard InChI is InChI=1S/C64H95N7O16/c1-6-8-10-12-14-16-18-20-25-29-52(73)68-55(63(80)81)54-43-37-49(59(84-5)50(38-43)86-64-56(58(76)57(75)51(39-72)87-64)69-53(74)30-26-21-19-17-15-13-11-9-7-2)85-48-32-31-42(36-47(48)71(82)83)35-46(66-60(77)44(65)33-40(3)4)61(78)67-45(62(79)70-54)34-41-27-23-22-24-28-41/h22-24,27-28,31-32,36-38,40,44-46,51,54-58,64,72,75-76H,6-21,25-26,29-30,33-35,39,65H2,1-5H3,(H,66,77)(H,67,78)(H,68,73)(H,69,74)(H,70,79)(H,80,81)/t44-,45-,46+,51-,54-,55+,56-,57-,58-,64-/m1/s1. The van der Waals surface area contributed by atoms with Crippen LogP contribution < -0.4 is 46.5 Å². The summed E-state index contributed by atoms with van der Waals surface area (Å²) in [5, 5.41) is 70.9. The number of nitro benzene ring substituents is 1. The third kappa shape index (κ3) is 22.6. The first kappa shape index (κ1) is 70.8. The van der Waals surface area contributed by atoms with E-state index in [0.717, 1.165) is 89.5 Å². The van der Waals surface area contributed by atoms with Gasteiger partial charge < -0.3 is 71.7 Å². The Bertz CT molecular complexity index is 2680. The summed E-state index contributed by atoms with van der Waals surface area (Å²) in [6, 6.07) is 5.35. The van der Waals surface area contributed by atoms with E-state index in [9.17, 15) is 54.5 Å². The minimum atomic E-state index is -2.00. The number of aliphatic hydroxyl groups excluding tert-OH is 3. The van der Waals surface area contributed by atoms with E-state index in [4.69, 9.17) is 24.7 Å². The van der Waals surface area contributed by atoms with Gasteiger partial charge in [0.1, 0.15) is 36.4 Å². The Morgan fingerprint density at radius 1 is 0.770 bits per heavy atom. The number of carboxylic acids is 1. The van der Waals surface area contributed by atoms with Crippen molar-refractivity contribution < 1.29 is 73.1 Å². The Kier molecular flexibility index (Phi) is 30.2. The number of hydrogen-bond acceptors (Lipinski definition) is 16. The van der Waals surface area contributed by atoms with Gasteiger partial charge in [-0.2, -0.15) is 0 Å². The van der Waals surface area contributed by atoms with Gasteiger partial charge in [-0.1, -0.05) is 167 Å². The average Bonchev–Trinajstić information content (AvgIpc) is 1.56. The maximum atomic E-state index is 15.3. The largest absolute Gasteiger partial charge is 0.490 e. The highest BCUT2D eigenvalue weighted by Gasteiger charge is 2.47. The van der Waals surface area contributed by atoms with Crippen molar-refractivity contribution in [1.82, 2.24) is 26.6 Å². The van der Waals surface area contributed by atoms with Crippen LogP contribution in [0.2, 0.25) is 0 Å². The summed E-state index contributed by atoms with van der Waals surface area (Å²) >= 11 is 0. The number of aliphatic hydroxyl groups is 3. The fraction of sp³-hybridized carbons (Fsp3) is 0.625. The van der Waals surface area contributed by atoms with Gasteiger partial charge in [0.25, 0.3) is 0 Å².